The van der Waals surface area contributed by atoms with E-state index < -0.39 is 0 Å². The monoisotopic (exact) mass is 314 g/mol. The fourth-order valence-electron chi connectivity index (χ4n) is 3.82. The molecule has 0 unspecified atom stereocenters. The maximum Gasteiger partial charge on any atom is 0.179 e. The Kier molecular flexibility index (Phi) is 4.44. The zero-order valence-corrected chi connectivity index (χ0v) is 14.5. The molecule has 23 heavy (non-hydrogen) atoms. The third-order valence-electron chi connectivity index (χ3n) is 5.17. The molecule has 1 aliphatic heterocycles. The summed E-state index contributed by atoms with van der Waals surface area (Å²) in [6.07, 6.45) is 3.62. The highest BCUT2D eigenvalue weighted by Crippen LogP contribution is 2.28. The first-order chi connectivity index (χ1) is 11.0. The van der Waals surface area contributed by atoms with Gasteiger partial charge in [0, 0.05) is 34.2 Å². The zero-order chi connectivity index (χ0) is 16.6. The van der Waals surface area contributed by atoms with Gasteiger partial charge in [0.1, 0.15) is 5.75 Å². The molecule has 0 saturated carbocycles. The Morgan fingerprint density at radius 1 is 1.30 bits per heavy atom. The number of methoxy groups -OCH3 is 1. The van der Waals surface area contributed by atoms with Crippen LogP contribution in [0, 0.1) is 6.92 Å². The molecule has 4 nitrogen and oxygen atoms in total. The fourth-order valence-corrected chi connectivity index (χ4v) is 3.82. The molecule has 3 rings (SSSR count). The lowest BCUT2D eigenvalue weighted by Gasteiger charge is -2.38. The number of ketones is 1. The molecular weight excluding hydrogens is 288 g/mol. The highest BCUT2D eigenvalue weighted by Gasteiger charge is 2.28. The predicted octanol–water partition coefficient (Wildman–Crippen LogP) is 3.93. The van der Waals surface area contributed by atoms with E-state index in [1.807, 2.05) is 25.1 Å². The summed E-state index contributed by atoms with van der Waals surface area (Å²) in [5, 5.41) is 0.962. The Morgan fingerprint density at radius 3 is 2.65 bits per heavy atom. The first-order valence-corrected chi connectivity index (χ1v) is 8.46. The minimum Gasteiger partial charge on any atom is -0.497 e. The van der Waals surface area contributed by atoms with Gasteiger partial charge in [0.25, 0.3) is 0 Å². The van der Waals surface area contributed by atoms with Crippen LogP contribution in [0.25, 0.3) is 10.9 Å². The third-order valence-corrected chi connectivity index (χ3v) is 5.17. The van der Waals surface area contributed by atoms with E-state index in [0.717, 1.165) is 27.9 Å². The summed E-state index contributed by atoms with van der Waals surface area (Å²) in [7, 11) is 1.65. The van der Waals surface area contributed by atoms with Crippen LogP contribution >= 0.6 is 0 Å². The number of carbonyl (C=O) groups excluding carboxylic acids is 1. The van der Waals surface area contributed by atoms with Crippen LogP contribution in [0.5, 0.6) is 5.75 Å². The van der Waals surface area contributed by atoms with Crippen LogP contribution in [0.4, 0.5) is 0 Å². The number of likely N-dealkylation sites (tertiary alicyclic amines) is 1. The van der Waals surface area contributed by atoms with Crippen LogP contribution in [0.2, 0.25) is 0 Å². The van der Waals surface area contributed by atoms with Gasteiger partial charge in [-0.25, -0.2) is 0 Å². The van der Waals surface area contributed by atoms with Gasteiger partial charge in [0.05, 0.1) is 13.7 Å². The Hall–Kier alpha value is -1.81. The Labute approximate surface area is 137 Å². The fraction of sp³-hybridized carbons (Fsp3) is 0.526. The zero-order valence-electron chi connectivity index (χ0n) is 14.5. The quantitative estimate of drug-likeness (QED) is 0.870. The predicted molar refractivity (Wildman–Crippen MR) is 93.4 cm³/mol. The van der Waals surface area contributed by atoms with Crippen LogP contribution in [-0.2, 0) is 0 Å². The van der Waals surface area contributed by atoms with Crippen molar-refractivity contribution in [3.8, 4) is 5.75 Å². The van der Waals surface area contributed by atoms with E-state index >= 15 is 0 Å². The van der Waals surface area contributed by atoms with Crippen molar-refractivity contribution in [1.82, 2.24) is 9.88 Å². The molecule has 0 bridgehead atoms. The number of hydrogen-bond donors (Lipinski definition) is 1. The summed E-state index contributed by atoms with van der Waals surface area (Å²) in [6.45, 7) is 6.93. The molecule has 1 saturated heterocycles. The molecule has 1 aromatic heterocycles. The van der Waals surface area contributed by atoms with Gasteiger partial charge in [-0.05, 0) is 51.8 Å². The van der Waals surface area contributed by atoms with Crippen molar-refractivity contribution in [1.29, 1.82) is 0 Å². The smallest absolute Gasteiger partial charge is 0.179 e. The summed E-state index contributed by atoms with van der Waals surface area (Å²) in [5.41, 5.74) is 2.74. The number of nitrogens with zero attached hydrogens (tertiary/aromatic N) is 1. The molecule has 4 heteroatoms. The third kappa shape index (κ3) is 3.00. The van der Waals surface area contributed by atoms with Crippen molar-refractivity contribution < 1.29 is 9.53 Å². The van der Waals surface area contributed by atoms with E-state index in [0.29, 0.717) is 18.6 Å². The lowest BCUT2D eigenvalue weighted by atomic mass is 9.96. The molecule has 1 aromatic carbocycles. The second-order valence-electron chi connectivity index (χ2n) is 6.76. The molecule has 1 N–H and O–H groups in total. The van der Waals surface area contributed by atoms with E-state index in [-0.39, 0.29) is 5.78 Å². The van der Waals surface area contributed by atoms with E-state index in [2.05, 4.69) is 23.7 Å². The van der Waals surface area contributed by atoms with Crippen molar-refractivity contribution in [2.24, 2.45) is 0 Å². The number of H-pyrrole nitrogens is 1. The van der Waals surface area contributed by atoms with Gasteiger partial charge in [-0.1, -0.05) is 6.42 Å². The van der Waals surface area contributed by atoms with Gasteiger partial charge in [-0.2, -0.15) is 0 Å². The molecule has 124 valence electrons. The number of aromatic amines is 1. The second kappa shape index (κ2) is 6.36. The van der Waals surface area contributed by atoms with E-state index in [1.165, 1.54) is 19.3 Å². The number of fused-ring (bicyclic) bond motifs is 1. The van der Waals surface area contributed by atoms with Gasteiger partial charge in [-0.15, -0.1) is 0 Å². The SMILES string of the molecule is COc1ccc2[nH]c(C)c(C(=O)CN3[C@@H](C)CCC[C@@H]3C)c2c1. The molecule has 0 aliphatic carbocycles. The Bertz CT molecular complexity index is 709. The summed E-state index contributed by atoms with van der Waals surface area (Å²) < 4.78 is 5.31. The molecule has 2 aromatic rings. The lowest BCUT2D eigenvalue weighted by molar-refractivity contribution is 0.0735. The van der Waals surface area contributed by atoms with Crippen molar-refractivity contribution >= 4 is 16.7 Å². The summed E-state index contributed by atoms with van der Waals surface area (Å²) in [6, 6.07) is 6.80. The number of carbonyl (C=O) groups is 1. The average molecular weight is 314 g/mol. The number of rotatable bonds is 4. The van der Waals surface area contributed by atoms with Crippen molar-refractivity contribution in [2.45, 2.75) is 52.1 Å². The normalized spacial score (nSPS) is 22.4. The van der Waals surface area contributed by atoms with Crippen molar-refractivity contribution in [2.75, 3.05) is 13.7 Å². The van der Waals surface area contributed by atoms with Gasteiger partial charge >= 0.3 is 0 Å². The molecule has 1 aliphatic rings. The van der Waals surface area contributed by atoms with Crippen LogP contribution in [-0.4, -0.2) is 41.4 Å². The number of aromatic nitrogens is 1. The molecule has 2 heterocycles. The number of piperidine rings is 1. The van der Waals surface area contributed by atoms with Crippen molar-refractivity contribution in [3.05, 3.63) is 29.5 Å². The van der Waals surface area contributed by atoms with Gasteiger partial charge in [0.15, 0.2) is 5.78 Å². The molecule has 0 spiro atoms. The Morgan fingerprint density at radius 2 is 2.00 bits per heavy atom. The van der Waals surface area contributed by atoms with E-state index in [9.17, 15) is 4.79 Å². The minimum atomic E-state index is 0.197. The highest BCUT2D eigenvalue weighted by molar-refractivity contribution is 6.10. The number of aryl methyl sites for hydroxylation is 1. The second-order valence-corrected chi connectivity index (χ2v) is 6.76. The first kappa shape index (κ1) is 16.1. The average Bonchev–Trinajstić information content (AvgIpc) is 2.85. The maximum absolute atomic E-state index is 13.0. The number of hydrogen-bond acceptors (Lipinski definition) is 3. The van der Waals surface area contributed by atoms with Crippen LogP contribution in [0.1, 0.15) is 49.2 Å². The summed E-state index contributed by atoms with van der Waals surface area (Å²) in [4.78, 5) is 18.7. The van der Waals surface area contributed by atoms with E-state index in [1.54, 1.807) is 7.11 Å². The van der Waals surface area contributed by atoms with Crippen LogP contribution in [0.15, 0.2) is 18.2 Å². The lowest BCUT2D eigenvalue weighted by Crippen LogP contribution is -2.46. The van der Waals surface area contributed by atoms with Crippen LogP contribution < -0.4 is 4.74 Å². The largest absolute Gasteiger partial charge is 0.497 e. The molecule has 2 atom stereocenters. The topological polar surface area (TPSA) is 45.3 Å². The number of benzene rings is 1. The molecule has 0 radical (unpaired) electrons. The molecule has 1 fully saturated rings. The maximum atomic E-state index is 13.0. The van der Waals surface area contributed by atoms with Gasteiger partial charge < -0.3 is 9.72 Å². The summed E-state index contributed by atoms with van der Waals surface area (Å²) >= 11 is 0. The van der Waals surface area contributed by atoms with Crippen molar-refractivity contribution in [3.63, 3.8) is 0 Å². The molecule has 0 amide bonds. The first-order valence-electron chi connectivity index (χ1n) is 8.46. The number of ether oxygens (including phenoxy) is 1. The summed E-state index contributed by atoms with van der Waals surface area (Å²) in [5.74, 6) is 0.980. The Balaban J connectivity index is 1.92. The number of nitrogens with one attached hydrogen (secondary N) is 1. The van der Waals surface area contributed by atoms with E-state index in [4.69, 9.17) is 4.74 Å². The minimum absolute atomic E-state index is 0.197. The van der Waals surface area contributed by atoms with Crippen LogP contribution in [0.3, 0.4) is 0 Å². The molecular formula is C19H26N2O2. The van der Waals surface area contributed by atoms with Gasteiger partial charge in [-0.3, -0.25) is 9.69 Å². The van der Waals surface area contributed by atoms with Gasteiger partial charge in [0.2, 0.25) is 0 Å². The standard InChI is InChI=1S/C19H26N2O2/c1-12-6-5-7-13(2)21(12)11-18(22)19-14(3)20-17-9-8-15(23-4)10-16(17)19/h8-10,12-13,20H,5-7,11H2,1-4H3/t12-,13-/m0/s1. The number of Topliss-reactive ketones (excluding diaryl/α,β-unsaturated/α-hetero) is 1. The highest BCUT2D eigenvalue weighted by atomic mass is 16.5.